The first kappa shape index (κ1) is 36.7. The average Bonchev–Trinajstić information content (AvgIpc) is 3.58. The van der Waals surface area contributed by atoms with Gasteiger partial charge in [0.15, 0.2) is 0 Å². The van der Waals surface area contributed by atoms with Crippen molar-refractivity contribution < 1.29 is 9.59 Å². The maximum absolute atomic E-state index is 12.5. The Morgan fingerprint density at radius 1 is 0.957 bits per heavy atom. The molecule has 2 amide bonds. The van der Waals surface area contributed by atoms with Crippen LogP contribution < -0.4 is 10.6 Å². The first-order chi connectivity index (χ1) is 22.3. The maximum Gasteiger partial charge on any atom is 0.262 e. The molecule has 3 aromatic rings. The van der Waals surface area contributed by atoms with Gasteiger partial charge < -0.3 is 15.6 Å². The van der Waals surface area contributed by atoms with Crippen molar-refractivity contribution >= 4 is 35.6 Å². The molecule has 2 unspecified atom stereocenters. The topological polar surface area (TPSA) is 147 Å². The van der Waals surface area contributed by atoms with Gasteiger partial charge in [-0.05, 0) is 42.2 Å². The third kappa shape index (κ3) is 12.2. The number of rotatable bonds is 14. The molecule has 0 radical (unpaired) electrons. The Labute approximate surface area is 275 Å². The predicted octanol–water partition coefficient (Wildman–Crippen LogP) is 7.20. The number of amides is 2. The Morgan fingerprint density at radius 3 is 2.20 bits per heavy atom. The number of aromatic amines is 1. The van der Waals surface area contributed by atoms with Crippen LogP contribution in [0.5, 0.6) is 0 Å². The number of carbonyl (C=O) groups excluding carboxylic acids is 2. The molecule has 10 heteroatoms. The van der Waals surface area contributed by atoms with Crippen LogP contribution >= 0.6 is 11.6 Å². The lowest BCUT2D eigenvalue weighted by atomic mass is 10.0. The highest BCUT2D eigenvalue weighted by atomic mass is 35.5. The number of hydrogen-bond donors (Lipinski definition) is 3. The molecule has 0 saturated heterocycles. The predicted molar refractivity (Wildman–Crippen MR) is 183 cm³/mol. The monoisotopic (exact) mass is 635 g/mol. The van der Waals surface area contributed by atoms with Crippen LogP contribution in [-0.4, -0.2) is 32.8 Å². The van der Waals surface area contributed by atoms with Gasteiger partial charge in [-0.25, -0.2) is 9.97 Å². The Morgan fingerprint density at radius 2 is 1.63 bits per heavy atom. The van der Waals surface area contributed by atoms with Gasteiger partial charge in [0.1, 0.15) is 34.3 Å². The molecule has 0 aliphatic carbocycles. The SMILES string of the molecule is C=C/C=C(\C=C)C(CCC)NC(=O)/C(C#N)=C/c1ncc[nH]1.CCCC(NC(=O)/C(C#N)=C/c1cccc(Cl)n1)c1ccccc1. The number of halogens is 1. The fourth-order valence-electron chi connectivity index (χ4n) is 4.28. The van der Waals surface area contributed by atoms with E-state index in [1.54, 1.807) is 48.8 Å². The minimum atomic E-state index is -0.436. The molecule has 2 atom stereocenters. The van der Waals surface area contributed by atoms with E-state index < -0.39 is 11.8 Å². The maximum atomic E-state index is 12.5. The van der Waals surface area contributed by atoms with E-state index in [1.165, 1.54) is 12.2 Å². The zero-order valence-corrected chi connectivity index (χ0v) is 26.8. The summed E-state index contributed by atoms with van der Waals surface area (Å²) in [5, 5.41) is 24.6. The van der Waals surface area contributed by atoms with Gasteiger partial charge in [0.05, 0.1) is 17.8 Å². The molecule has 0 aliphatic rings. The van der Waals surface area contributed by atoms with Crippen LogP contribution in [0.2, 0.25) is 5.15 Å². The van der Waals surface area contributed by atoms with Gasteiger partial charge in [0.25, 0.3) is 11.8 Å². The Bertz CT molecular complexity index is 1630. The molecule has 9 nitrogen and oxygen atoms in total. The molecule has 0 saturated carbocycles. The molecule has 0 spiro atoms. The Hall–Kier alpha value is -5.51. The lowest BCUT2D eigenvalue weighted by molar-refractivity contribution is -0.118. The quantitative estimate of drug-likeness (QED) is 0.0738. The smallest absolute Gasteiger partial charge is 0.262 e. The van der Waals surface area contributed by atoms with Crippen LogP contribution in [0.15, 0.2) is 109 Å². The normalized spacial score (nSPS) is 12.7. The van der Waals surface area contributed by atoms with Crippen molar-refractivity contribution in [3.05, 3.63) is 131 Å². The van der Waals surface area contributed by atoms with E-state index in [-0.39, 0.29) is 23.2 Å². The highest BCUT2D eigenvalue weighted by Crippen LogP contribution is 2.19. The van der Waals surface area contributed by atoms with Crippen molar-refractivity contribution in [1.82, 2.24) is 25.6 Å². The van der Waals surface area contributed by atoms with Crippen LogP contribution in [0, 0.1) is 22.7 Å². The van der Waals surface area contributed by atoms with Crippen LogP contribution in [-0.2, 0) is 9.59 Å². The number of nitriles is 2. The molecule has 2 aromatic heterocycles. The second kappa shape index (κ2) is 20.4. The number of imidazole rings is 1. The summed E-state index contributed by atoms with van der Waals surface area (Å²) >= 11 is 5.83. The van der Waals surface area contributed by atoms with Crippen molar-refractivity contribution in [3.63, 3.8) is 0 Å². The van der Waals surface area contributed by atoms with Crippen molar-refractivity contribution in [3.8, 4) is 12.1 Å². The van der Waals surface area contributed by atoms with Crippen LogP contribution in [0.4, 0.5) is 0 Å². The minimum absolute atomic E-state index is 0.00167. The Kier molecular flexibility index (Phi) is 16.3. The fourth-order valence-corrected chi connectivity index (χ4v) is 4.45. The summed E-state index contributed by atoms with van der Waals surface area (Å²) in [5.41, 5.74) is 2.35. The number of pyridine rings is 1. The van der Waals surface area contributed by atoms with Gasteiger partial charge in [-0.1, -0.05) is 106 Å². The molecule has 3 rings (SSSR count). The van der Waals surface area contributed by atoms with Gasteiger partial charge in [-0.3, -0.25) is 9.59 Å². The minimum Gasteiger partial charge on any atom is -0.345 e. The summed E-state index contributed by atoms with van der Waals surface area (Å²) in [6, 6.07) is 18.3. The molecular formula is C36H38ClN7O2. The summed E-state index contributed by atoms with van der Waals surface area (Å²) in [7, 11) is 0. The van der Waals surface area contributed by atoms with Gasteiger partial charge >= 0.3 is 0 Å². The molecule has 46 heavy (non-hydrogen) atoms. The molecule has 3 N–H and O–H groups in total. The lowest BCUT2D eigenvalue weighted by Gasteiger charge is -2.19. The molecule has 0 bridgehead atoms. The first-order valence-corrected chi connectivity index (χ1v) is 15.1. The van der Waals surface area contributed by atoms with Gasteiger partial charge in [0, 0.05) is 18.5 Å². The number of nitrogens with zero attached hydrogens (tertiary/aromatic N) is 4. The van der Waals surface area contributed by atoms with Gasteiger partial charge in [-0.15, -0.1) is 0 Å². The zero-order valence-electron chi connectivity index (χ0n) is 26.0. The zero-order chi connectivity index (χ0) is 33.7. The van der Waals surface area contributed by atoms with Gasteiger partial charge in [-0.2, -0.15) is 10.5 Å². The third-order valence-corrected chi connectivity index (χ3v) is 6.69. The van der Waals surface area contributed by atoms with E-state index in [2.05, 4.69) is 45.7 Å². The number of hydrogen-bond acceptors (Lipinski definition) is 6. The number of aromatic nitrogens is 3. The van der Waals surface area contributed by atoms with Crippen LogP contribution in [0.25, 0.3) is 12.2 Å². The van der Waals surface area contributed by atoms with E-state index in [4.69, 9.17) is 16.9 Å². The molecule has 1 aromatic carbocycles. The number of H-pyrrole nitrogens is 1. The van der Waals surface area contributed by atoms with E-state index >= 15 is 0 Å². The second-order valence-electron chi connectivity index (χ2n) is 9.85. The highest BCUT2D eigenvalue weighted by Gasteiger charge is 2.18. The summed E-state index contributed by atoms with van der Waals surface area (Å²) in [6.45, 7) is 11.5. The molecule has 0 aliphatic heterocycles. The van der Waals surface area contributed by atoms with Crippen molar-refractivity contribution in [1.29, 1.82) is 10.5 Å². The van der Waals surface area contributed by atoms with E-state index in [0.29, 0.717) is 16.7 Å². The summed E-state index contributed by atoms with van der Waals surface area (Å²) < 4.78 is 0. The van der Waals surface area contributed by atoms with Crippen molar-refractivity contribution in [2.24, 2.45) is 0 Å². The standard InChI is InChI=1S/C19H18ClN3O.C17H20N4O/c1-2-7-17(14-8-4-3-5-9-14)23-19(24)15(13-21)12-16-10-6-11-18(20)22-16;1-4-7-13(6-3)15(8-5-2)21-17(22)14(12-18)11-16-19-9-10-20-16/h3-6,8-12,17H,2,7H2,1H3,(H,23,24);4,6-7,9-11,15H,1,3,5,8H2,2H3,(H,19,20)(H,21,22)/b15-12+;13-7+,14-11+. The van der Waals surface area contributed by atoms with Crippen molar-refractivity contribution in [2.45, 2.75) is 51.6 Å². The number of benzene rings is 1. The number of allylic oxidation sites excluding steroid dienone is 2. The fraction of sp³-hybridized carbons (Fsp3) is 0.222. The third-order valence-electron chi connectivity index (χ3n) is 6.48. The largest absolute Gasteiger partial charge is 0.345 e. The van der Waals surface area contributed by atoms with Crippen molar-refractivity contribution in [2.75, 3.05) is 0 Å². The van der Waals surface area contributed by atoms with Crippen LogP contribution in [0.3, 0.4) is 0 Å². The van der Waals surface area contributed by atoms with E-state index in [9.17, 15) is 14.9 Å². The highest BCUT2D eigenvalue weighted by molar-refractivity contribution is 6.29. The lowest BCUT2D eigenvalue weighted by Crippen LogP contribution is -2.36. The van der Waals surface area contributed by atoms with E-state index in [0.717, 1.165) is 36.8 Å². The molecule has 0 fully saturated rings. The number of nitrogens with one attached hydrogen (secondary N) is 3. The average molecular weight is 636 g/mol. The Balaban J connectivity index is 0.000000322. The second-order valence-corrected chi connectivity index (χ2v) is 10.2. The number of carbonyl (C=O) groups is 2. The summed E-state index contributed by atoms with van der Waals surface area (Å²) in [6.07, 6.45) is 14.5. The van der Waals surface area contributed by atoms with E-state index in [1.807, 2.05) is 49.4 Å². The van der Waals surface area contributed by atoms with Gasteiger partial charge in [0.2, 0.25) is 0 Å². The molecule has 236 valence electrons. The summed E-state index contributed by atoms with van der Waals surface area (Å²) in [4.78, 5) is 35.6. The molecule has 2 heterocycles. The summed E-state index contributed by atoms with van der Waals surface area (Å²) in [5.74, 6) is -0.389. The van der Waals surface area contributed by atoms with Crippen LogP contribution in [0.1, 0.15) is 62.7 Å². The first-order valence-electron chi connectivity index (χ1n) is 14.8. The molecular weight excluding hydrogens is 598 g/mol.